The van der Waals surface area contributed by atoms with Crippen LogP contribution < -0.4 is 0 Å². The lowest BCUT2D eigenvalue weighted by Crippen LogP contribution is -2.50. The number of nitrogens with zero attached hydrogens (tertiary/aromatic N) is 22. The van der Waals surface area contributed by atoms with Gasteiger partial charge in [-0.2, -0.15) is 10.2 Å². The highest BCUT2D eigenvalue weighted by Crippen LogP contribution is 2.45. The van der Waals surface area contributed by atoms with E-state index in [9.17, 15) is 19.2 Å². The molecular weight excluding hydrogens is 1790 g/mol. The van der Waals surface area contributed by atoms with Crippen LogP contribution in [0.3, 0.4) is 0 Å². The minimum absolute atomic E-state index is 0.0141. The molecule has 31 heteroatoms. The first-order valence-corrected chi connectivity index (χ1v) is 49.1. The number of benzene rings is 4. The summed E-state index contributed by atoms with van der Waals surface area (Å²) in [5.41, 5.74) is 23.7. The van der Waals surface area contributed by atoms with Gasteiger partial charge in [-0.1, -0.05) is 113 Å². The SMILES string of the molecule is O=C(C1CCOCC1)N1CCN(Cc2c(-c3ccc(Cl)cc3)nc3ccc(C4CC4)cn23)CC1.O=C(c1ccncc1)N1CCN(Cc2c(-c3ccc(Cl)cc3)nc3cnc(C4CC4)cn23)CC1.O=C(c1ccnnc1)N1CCN(Cc2c(-c3ccc(Cl)cc3)nc3ccc(C4CC4)cn23)CC1.O=C(c1cnccn1)N1CCN(Cc2c(-c3ccc(Cl)cc3)nc3ccc(C4CC4)cn23)CC1. The first-order valence-electron chi connectivity index (χ1n) is 47.6. The van der Waals surface area contributed by atoms with E-state index in [1.807, 2.05) is 106 Å². The van der Waals surface area contributed by atoms with Crippen molar-refractivity contribution in [3.05, 3.63) is 308 Å². The van der Waals surface area contributed by atoms with Gasteiger partial charge < -0.3 is 37.5 Å². The predicted octanol–water partition coefficient (Wildman–Crippen LogP) is 17.4. The van der Waals surface area contributed by atoms with Crippen molar-refractivity contribution in [1.29, 1.82) is 0 Å². The number of pyridine rings is 4. The number of piperazine rings is 4. The number of amides is 4. The Morgan fingerprint density at radius 3 is 1.04 bits per heavy atom. The molecule has 9 aliphatic rings. The van der Waals surface area contributed by atoms with Gasteiger partial charge in [0.1, 0.15) is 22.6 Å². The fraction of sp³-hybridized carbons (Fsp3) is 0.352. The minimum Gasteiger partial charge on any atom is -0.381 e. The van der Waals surface area contributed by atoms with Gasteiger partial charge in [-0.3, -0.25) is 58.1 Å². The van der Waals surface area contributed by atoms with Gasteiger partial charge in [0.25, 0.3) is 17.7 Å². The maximum Gasteiger partial charge on any atom is 0.274 e. The molecule has 0 N–H and O–H groups in total. The van der Waals surface area contributed by atoms with Crippen molar-refractivity contribution in [2.75, 3.05) is 118 Å². The summed E-state index contributed by atoms with van der Waals surface area (Å²) in [5.74, 6) is 3.09. The lowest BCUT2D eigenvalue weighted by Gasteiger charge is -2.37. The summed E-state index contributed by atoms with van der Waals surface area (Å²) in [6.07, 6.45) is 33.7. The molecule has 136 heavy (non-hydrogen) atoms. The highest BCUT2D eigenvalue weighted by Gasteiger charge is 2.36. The molecule has 0 radical (unpaired) electrons. The summed E-state index contributed by atoms with van der Waals surface area (Å²) < 4.78 is 14.5. The molecule has 694 valence electrons. The molecule has 4 aliphatic carbocycles. The minimum atomic E-state index is -0.0570. The van der Waals surface area contributed by atoms with Crippen molar-refractivity contribution >= 4 is 92.6 Å². The number of fused-ring (bicyclic) bond motifs is 4. The van der Waals surface area contributed by atoms with Crippen molar-refractivity contribution in [3.63, 3.8) is 0 Å². The molecule has 5 aliphatic heterocycles. The molecule has 5 saturated heterocycles. The molecule has 9 fully saturated rings. The number of halogens is 4. The first-order chi connectivity index (χ1) is 66.6. The Morgan fingerprint density at radius 1 is 0.309 bits per heavy atom. The third-order valence-corrected chi connectivity index (χ3v) is 28.7. The molecule has 0 spiro atoms. The largest absolute Gasteiger partial charge is 0.381 e. The number of hydrogen-bond donors (Lipinski definition) is 0. The average Bonchev–Trinajstić information content (AvgIpc) is 1.63. The van der Waals surface area contributed by atoms with Crippen molar-refractivity contribution in [3.8, 4) is 45.0 Å². The standard InChI is InChI=1S/C27H31ClN4O2.3C26H25ClN6O/c28-23-6-3-20(4-7-23)26-24(32-17-22(19-1-2-19)5-8-25(32)29-26)18-30-11-13-31(14-12-30)27(33)21-9-15-34-16-10-21;27-22-6-3-19(4-7-22)25-23(33-16-21(18-1-2-18)5-8-24(33)30-25)17-31-11-13-32(14-12-31)26(34)20-9-10-28-29-15-20;27-21-6-3-19(4-7-21)25-23(33-16-20(18-1-2-18)5-8-24(33)30-25)17-31-11-13-32(14-12-31)26(34)22-15-28-9-10-29-22;27-21-5-3-19(4-6-21)25-23(33-16-22(18-1-2-18)29-15-24(33)30-25)17-31-11-13-32(14-12-31)26(34)20-7-9-28-10-8-20/h3-8,17,19,21H,1-2,9-16,18H2;3*3-10,15-16,18H,1-2,11-14,17H2. The fourth-order valence-corrected chi connectivity index (χ4v) is 19.7. The summed E-state index contributed by atoms with van der Waals surface area (Å²) in [6.45, 7) is 16.8. The maximum absolute atomic E-state index is 13.0. The molecule has 0 unspecified atom stereocenters. The van der Waals surface area contributed by atoms with E-state index in [1.54, 1.807) is 49.2 Å². The van der Waals surface area contributed by atoms with Gasteiger partial charge in [0.15, 0.2) is 5.65 Å². The van der Waals surface area contributed by atoms with Crippen LogP contribution >= 0.6 is 46.4 Å². The summed E-state index contributed by atoms with van der Waals surface area (Å²) in [5, 5.41) is 10.5. The molecule has 0 bridgehead atoms. The number of imidazole rings is 4. The van der Waals surface area contributed by atoms with E-state index in [4.69, 9.17) is 71.1 Å². The molecule has 4 saturated carbocycles. The Labute approximate surface area is 809 Å². The highest BCUT2D eigenvalue weighted by atomic mass is 35.5. The Hall–Kier alpha value is -12.3. The van der Waals surface area contributed by atoms with Crippen LogP contribution in [0.5, 0.6) is 0 Å². The zero-order chi connectivity index (χ0) is 92.3. The monoisotopic (exact) mass is 1890 g/mol. The van der Waals surface area contributed by atoms with E-state index in [0.717, 1.165) is 194 Å². The number of rotatable bonds is 20. The van der Waals surface area contributed by atoms with E-state index in [2.05, 4.69) is 146 Å². The third-order valence-electron chi connectivity index (χ3n) is 27.7. The zero-order valence-corrected chi connectivity index (χ0v) is 78.8. The molecular formula is C105H106Cl4N22O5. The number of carbonyl (C=O) groups is 4. The van der Waals surface area contributed by atoms with Crippen molar-refractivity contribution < 1.29 is 23.9 Å². The quantitative estimate of drug-likeness (QED) is 0.0687. The highest BCUT2D eigenvalue weighted by molar-refractivity contribution is 6.31. The molecule has 11 aromatic heterocycles. The first kappa shape index (κ1) is 90.2. The summed E-state index contributed by atoms with van der Waals surface area (Å²) >= 11 is 24.6. The third kappa shape index (κ3) is 20.8. The molecule has 15 aromatic rings. The van der Waals surface area contributed by atoms with Crippen molar-refractivity contribution in [2.45, 2.75) is 114 Å². The maximum atomic E-state index is 13.0. The molecule has 24 rings (SSSR count). The van der Waals surface area contributed by atoms with Crippen LogP contribution in [0.4, 0.5) is 0 Å². The van der Waals surface area contributed by atoms with Crippen molar-refractivity contribution in [1.82, 2.24) is 107 Å². The van der Waals surface area contributed by atoms with Crippen LogP contribution in [0.1, 0.15) is 164 Å². The zero-order valence-electron chi connectivity index (χ0n) is 75.8. The van der Waals surface area contributed by atoms with Gasteiger partial charge in [-0.25, -0.2) is 24.9 Å². The number of ether oxygens (including phenoxy) is 1. The topological polar surface area (TPSA) is 250 Å². The van der Waals surface area contributed by atoms with Crippen molar-refractivity contribution in [2.24, 2.45) is 5.92 Å². The van der Waals surface area contributed by atoms with E-state index in [-0.39, 0.29) is 23.6 Å². The Morgan fingerprint density at radius 2 is 0.669 bits per heavy atom. The van der Waals surface area contributed by atoms with Gasteiger partial charge in [0.2, 0.25) is 5.91 Å². The van der Waals surface area contributed by atoms with E-state index in [1.165, 1.54) is 97.5 Å². The fourth-order valence-electron chi connectivity index (χ4n) is 19.2. The normalized spacial score (nSPS) is 17.6. The van der Waals surface area contributed by atoms with Gasteiger partial charge in [0, 0.05) is 253 Å². The molecule has 0 atom stereocenters. The lowest BCUT2D eigenvalue weighted by molar-refractivity contribution is -0.140. The second-order valence-corrected chi connectivity index (χ2v) is 38.8. The molecule has 4 amide bonds. The smallest absolute Gasteiger partial charge is 0.274 e. The van der Waals surface area contributed by atoms with E-state index in [0.29, 0.717) is 109 Å². The second kappa shape index (κ2) is 40.6. The Bertz CT molecular complexity index is 6280. The van der Waals surface area contributed by atoms with Gasteiger partial charge in [-0.05, 0) is 184 Å². The Balaban J connectivity index is 0.000000108. The van der Waals surface area contributed by atoms with Crippen LogP contribution in [0, 0.1) is 5.92 Å². The lowest BCUT2D eigenvalue weighted by atomic mass is 9.98. The van der Waals surface area contributed by atoms with E-state index < -0.39 is 0 Å². The number of aromatic nitrogens is 14. The van der Waals surface area contributed by atoms with Crippen LogP contribution in [0.25, 0.3) is 67.6 Å². The van der Waals surface area contributed by atoms with Crippen LogP contribution in [-0.2, 0) is 35.7 Å². The van der Waals surface area contributed by atoms with Crippen LogP contribution in [0.2, 0.25) is 20.1 Å². The molecule has 4 aromatic carbocycles. The summed E-state index contributed by atoms with van der Waals surface area (Å²) in [6, 6.07) is 50.0. The van der Waals surface area contributed by atoms with Crippen LogP contribution in [-0.4, -0.2) is 248 Å². The molecule has 16 heterocycles. The number of hydrogen-bond acceptors (Lipinski definition) is 19. The van der Waals surface area contributed by atoms with Gasteiger partial charge in [-0.15, -0.1) is 0 Å². The predicted molar refractivity (Wildman–Crippen MR) is 525 cm³/mol. The van der Waals surface area contributed by atoms with Gasteiger partial charge in [0.05, 0.1) is 81.6 Å². The second-order valence-electron chi connectivity index (χ2n) is 37.0. The van der Waals surface area contributed by atoms with E-state index >= 15 is 0 Å². The van der Waals surface area contributed by atoms with Crippen LogP contribution in [0.15, 0.2) is 226 Å². The average molecular weight is 1900 g/mol. The summed E-state index contributed by atoms with van der Waals surface area (Å²) in [7, 11) is 0. The Kier molecular flexibility index (Phi) is 26.9. The summed E-state index contributed by atoms with van der Waals surface area (Å²) in [4.78, 5) is 106. The number of carbonyl (C=O) groups excluding carboxylic acids is 4. The van der Waals surface area contributed by atoms with Gasteiger partial charge >= 0.3 is 0 Å². The molecule has 27 nitrogen and oxygen atoms in total.